The summed E-state index contributed by atoms with van der Waals surface area (Å²) < 4.78 is 0. The molecule has 0 unspecified atom stereocenters. The van der Waals surface area contributed by atoms with Crippen molar-refractivity contribution >= 4 is 17.8 Å². The quantitative estimate of drug-likeness (QED) is 0.685. The van der Waals surface area contributed by atoms with Gasteiger partial charge < -0.3 is 0 Å². The predicted octanol–water partition coefficient (Wildman–Crippen LogP) is 3.74. The van der Waals surface area contributed by atoms with E-state index in [2.05, 4.69) is 44.7 Å². The van der Waals surface area contributed by atoms with E-state index in [-0.39, 0.29) is 5.41 Å². The van der Waals surface area contributed by atoms with Gasteiger partial charge in [-0.25, -0.2) is 0 Å². The van der Waals surface area contributed by atoms with Crippen molar-refractivity contribution in [3.05, 3.63) is 30.1 Å². The summed E-state index contributed by atoms with van der Waals surface area (Å²) in [6.07, 6.45) is 5.76. The van der Waals surface area contributed by atoms with E-state index in [0.717, 1.165) is 5.69 Å². The maximum Gasteiger partial charge on any atom is 0.0762 e. The summed E-state index contributed by atoms with van der Waals surface area (Å²) >= 11 is 1.74. The third-order valence-electron chi connectivity index (χ3n) is 2.14. The predicted molar refractivity (Wildman–Crippen MR) is 64.8 cm³/mol. The molecule has 0 N–H and O–H groups in total. The molecule has 1 rings (SSSR count). The molecule has 2 heteroatoms. The van der Waals surface area contributed by atoms with E-state index in [0.29, 0.717) is 0 Å². The van der Waals surface area contributed by atoms with Crippen LogP contribution < -0.4 is 0 Å². The Morgan fingerprint density at radius 3 is 2.50 bits per heavy atom. The van der Waals surface area contributed by atoms with Gasteiger partial charge in [0.25, 0.3) is 0 Å². The first kappa shape index (κ1) is 11.3. The average molecular weight is 207 g/mol. The number of pyridine rings is 1. The SMILES string of the molecule is C=Cc1nccc(C(C)(C)C)c1SC. The lowest BCUT2D eigenvalue weighted by Crippen LogP contribution is -2.13. The zero-order valence-corrected chi connectivity index (χ0v) is 10.1. The van der Waals surface area contributed by atoms with E-state index < -0.39 is 0 Å². The van der Waals surface area contributed by atoms with Crippen molar-refractivity contribution in [2.75, 3.05) is 6.26 Å². The summed E-state index contributed by atoms with van der Waals surface area (Å²) in [5.41, 5.74) is 2.50. The van der Waals surface area contributed by atoms with Crippen molar-refractivity contribution in [1.82, 2.24) is 4.98 Å². The highest BCUT2D eigenvalue weighted by Gasteiger charge is 2.19. The van der Waals surface area contributed by atoms with Crippen LogP contribution >= 0.6 is 11.8 Å². The molecule has 0 aliphatic carbocycles. The number of nitrogens with zero attached hydrogens (tertiary/aromatic N) is 1. The second-order valence-electron chi connectivity index (χ2n) is 4.23. The summed E-state index contributed by atoms with van der Waals surface area (Å²) in [7, 11) is 0. The number of thioether (sulfide) groups is 1. The Labute approximate surface area is 90.6 Å². The standard InChI is InChI=1S/C12H17NS/c1-6-10-11(14-5)9(7-8-13-10)12(2,3)4/h6-8H,1H2,2-5H3. The molecule has 0 aromatic carbocycles. The molecule has 14 heavy (non-hydrogen) atoms. The van der Waals surface area contributed by atoms with Gasteiger partial charge in [0, 0.05) is 11.1 Å². The van der Waals surface area contributed by atoms with Gasteiger partial charge >= 0.3 is 0 Å². The van der Waals surface area contributed by atoms with Crippen LogP contribution in [0.15, 0.2) is 23.7 Å². The van der Waals surface area contributed by atoms with Crippen molar-refractivity contribution in [3.63, 3.8) is 0 Å². The third-order valence-corrected chi connectivity index (χ3v) is 2.97. The minimum absolute atomic E-state index is 0.166. The van der Waals surface area contributed by atoms with Gasteiger partial charge in [0.2, 0.25) is 0 Å². The highest BCUT2D eigenvalue weighted by molar-refractivity contribution is 7.98. The smallest absolute Gasteiger partial charge is 0.0762 e. The van der Waals surface area contributed by atoms with Crippen molar-refractivity contribution < 1.29 is 0 Å². The van der Waals surface area contributed by atoms with Crippen LogP contribution in [-0.4, -0.2) is 11.2 Å². The number of aromatic nitrogens is 1. The zero-order chi connectivity index (χ0) is 10.8. The van der Waals surface area contributed by atoms with Gasteiger partial charge in [0.15, 0.2) is 0 Å². The largest absolute Gasteiger partial charge is 0.256 e. The van der Waals surface area contributed by atoms with Gasteiger partial charge in [0.05, 0.1) is 5.69 Å². The van der Waals surface area contributed by atoms with E-state index in [1.54, 1.807) is 11.8 Å². The van der Waals surface area contributed by atoms with Crippen molar-refractivity contribution in [2.24, 2.45) is 0 Å². The summed E-state index contributed by atoms with van der Waals surface area (Å²) in [6.45, 7) is 10.4. The fourth-order valence-corrected chi connectivity index (χ4v) is 2.35. The molecule has 0 amide bonds. The maximum atomic E-state index is 4.30. The number of hydrogen-bond acceptors (Lipinski definition) is 2. The van der Waals surface area contributed by atoms with E-state index in [1.807, 2.05) is 12.3 Å². The first-order valence-corrected chi connectivity index (χ1v) is 5.89. The molecule has 1 heterocycles. The van der Waals surface area contributed by atoms with Crippen molar-refractivity contribution in [2.45, 2.75) is 31.1 Å². The fraction of sp³-hybridized carbons (Fsp3) is 0.417. The van der Waals surface area contributed by atoms with Gasteiger partial charge in [-0.1, -0.05) is 27.4 Å². The fourth-order valence-electron chi connectivity index (χ4n) is 1.41. The van der Waals surface area contributed by atoms with Crippen LogP contribution in [0.3, 0.4) is 0 Å². The number of hydrogen-bond donors (Lipinski definition) is 0. The average Bonchev–Trinajstić information content (AvgIpc) is 2.15. The molecule has 0 aliphatic rings. The molecule has 0 atom stereocenters. The minimum atomic E-state index is 0.166. The molecular formula is C12H17NS. The summed E-state index contributed by atoms with van der Waals surface area (Å²) in [6, 6.07) is 2.10. The van der Waals surface area contributed by atoms with Gasteiger partial charge in [0.1, 0.15) is 0 Å². The Bertz CT molecular complexity index is 337. The molecule has 76 valence electrons. The van der Waals surface area contributed by atoms with Crippen LogP contribution in [0.5, 0.6) is 0 Å². The van der Waals surface area contributed by atoms with E-state index >= 15 is 0 Å². The molecule has 1 nitrogen and oxygen atoms in total. The third kappa shape index (κ3) is 2.18. The van der Waals surface area contributed by atoms with E-state index in [4.69, 9.17) is 0 Å². The van der Waals surface area contributed by atoms with E-state index in [9.17, 15) is 0 Å². The highest BCUT2D eigenvalue weighted by atomic mass is 32.2. The number of rotatable bonds is 2. The van der Waals surface area contributed by atoms with Crippen LogP contribution in [0.1, 0.15) is 32.0 Å². The summed E-state index contributed by atoms with van der Waals surface area (Å²) in [5, 5.41) is 0. The van der Waals surface area contributed by atoms with E-state index in [1.165, 1.54) is 10.5 Å². The Morgan fingerprint density at radius 1 is 1.43 bits per heavy atom. The van der Waals surface area contributed by atoms with Crippen molar-refractivity contribution in [3.8, 4) is 0 Å². The lowest BCUT2D eigenvalue weighted by molar-refractivity contribution is 0.576. The lowest BCUT2D eigenvalue weighted by Gasteiger charge is -2.22. The molecule has 0 saturated carbocycles. The van der Waals surface area contributed by atoms with Gasteiger partial charge in [-0.15, -0.1) is 11.8 Å². The Kier molecular flexibility index (Phi) is 3.38. The van der Waals surface area contributed by atoms with Gasteiger partial charge in [-0.05, 0) is 29.4 Å². The minimum Gasteiger partial charge on any atom is -0.256 e. The summed E-state index contributed by atoms with van der Waals surface area (Å²) in [5.74, 6) is 0. The second-order valence-corrected chi connectivity index (χ2v) is 5.05. The van der Waals surface area contributed by atoms with Crippen LogP contribution in [0.4, 0.5) is 0 Å². The molecule has 0 saturated heterocycles. The van der Waals surface area contributed by atoms with Crippen LogP contribution in [0, 0.1) is 0 Å². The zero-order valence-electron chi connectivity index (χ0n) is 9.29. The molecule has 0 aliphatic heterocycles. The Morgan fingerprint density at radius 2 is 2.07 bits per heavy atom. The molecule has 0 radical (unpaired) electrons. The molecule has 0 spiro atoms. The van der Waals surface area contributed by atoms with Crippen LogP contribution in [0.2, 0.25) is 0 Å². The molecule has 1 aromatic heterocycles. The highest BCUT2D eigenvalue weighted by Crippen LogP contribution is 2.33. The van der Waals surface area contributed by atoms with Crippen LogP contribution in [0.25, 0.3) is 6.08 Å². The normalized spacial score (nSPS) is 11.4. The second kappa shape index (κ2) is 4.18. The topological polar surface area (TPSA) is 12.9 Å². The molecule has 0 fully saturated rings. The Balaban J connectivity index is 3.36. The first-order valence-electron chi connectivity index (χ1n) is 4.66. The Hall–Kier alpha value is -0.760. The monoisotopic (exact) mass is 207 g/mol. The van der Waals surface area contributed by atoms with Gasteiger partial charge in [-0.2, -0.15) is 0 Å². The maximum absolute atomic E-state index is 4.30. The first-order chi connectivity index (χ1) is 6.50. The summed E-state index contributed by atoms with van der Waals surface area (Å²) in [4.78, 5) is 5.55. The molecule has 0 bridgehead atoms. The van der Waals surface area contributed by atoms with Gasteiger partial charge in [-0.3, -0.25) is 4.98 Å². The molecular weight excluding hydrogens is 190 g/mol. The van der Waals surface area contributed by atoms with Crippen LogP contribution in [-0.2, 0) is 5.41 Å². The molecule has 1 aromatic rings. The van der Waals surface area contributed by atoms with Crippen molar-refractivity contribution in [1.29, 1.82) is 0 Å². The lowest BCUT2D eigenvalue weighted by atomic mass is 9.87.